The van der Waals surface area contributed by atoms with Crippen LogP contribution in [0.2, 0.25) is 5.02 Å². The molecule has 0 aromatic carbocycles. The Bertz CT molecular complexity index is 388. The molecule has 1 saturated carbocycles. The molecular weight excluding hydrogens is 234 g/mol. The van der Waals surface area contributed by atoms with Gasteiger partial charge < -0.3 is 10.6 Å². The third kappa shape index (κ3) is 2.90. The van der Waals surface area contributed by atoms with Gasteiger partial charge in [-0.1, -0.05) is 11.6 Å². The van der Waals surface area contributed by atoms with Gasteiger partial charge in [0, 0.05) is 25.3 Å². The summed E-state index contributed by atoms with van der Waals surface area (Å²) >= 11 is 6.37. The van der Waals surface area contributed by atoms with E-state index in [4.69, 9.17) is 17.3 Å². The molecule has 0 bridgehead atoms. The van der Waals surface area contributed by atoms with E-state index >= 15 is 0 Å². The maximum Gasteiger partial charge on any atom is 0.147 e. The molecule has 1 fully saturated rings. The molecule has 1 aliphatic rings. The summed E-state index contributed by atoms with van der Waals surface area (Å²) in [4.78, 5) is 6.72. The van der Waals surface area contributed by atoms with Crippen molar-refractivity contribution in [1.29, 1.82) is 0 Å². The van der Waals surface area contributed by atoms with Crippen molar-refractivity contribution in [3.8, 4) is 0 Å². The van der Waals surface area contributed by atoms with Gasteiger partial charge in [-0.3, -0.25) is 0 Å². The quantitative estimate of drug-likeness (QED) is 0.878. The van der Waals surface area contributed by atoms with E-state index in [2.05, 4.69) is 23.7 Å². The minimum Gasteiger partial charge on any atom is -0.353 e. The van der Waals surface area contributed by atoms with Gasteiger partial charge in [-0.15, -0.1) is 0 Å². The van der Waals surface area contributed by atoms with Gasteiger partial charge in [0.15, 0.2) is 0 Å². The minimum absolute atomic E-state index is 0.411. The summed E-state index contributed by atoms with van der Waals surface area (Å²) in [6.07, 6.45) is 4.46. The highest BCUT2D eigenvalue weighted by Gasteiger charge is 2.27. The topological polar surface area (TPSA) is 42.2 Å². The van der Waals surface area contributed by atoms with Gasteiger partial charge in [-0.2, -0.15) is 0 Å². The van der Waals surface area contributed by atoms with E-state index in [1.807, 2.05) is 6.07 Å². The molecule has 0 unspecified atom stereocenters. The first kappa shape index (κ1) is 12.7. The summed E-state index contributed by atoms with van der Waals surface area (Å²) in [5.41, 5.74) is 6.65. The van der Waals surface area contributed by atoms with Gasteiger partial charge in [0.25, 0.3) is 0 Å². The van der Waals surface area contributed by atoms with Crippen molar-refractivity contribution in [3.63, 3.8) is 0 Å². The number of aromatic nitrogens is 1. The highest BCUT2D eigenvalue weighted by molar-refractivity contribution is 6.33. The molecule has 17 heavy (non-hydrogen) atoms. The van der Waals surface area contributed by atoms with Crippen molar-refractivity contribution in [2.24, 2.45) is 11.7 Å². The Kier molecular flexibility index (Phi) is 3.89. The molecule has 0 saturated heterocycles. The average molecular weight is 254 g/mol. The van der Waals surface area contributed by atoms with Crippen LogP contribution in [0.5, 0.6) is 0 Å². The first-order valence-corrected chi connectivity index (χ1v) is 6.61. The number of nitrogens with zero attached hydrogens (tertiary/aromatic N) is 2. The zero-order valence-electron chi connectivity index (χ0n) is 10.5. The van der Waals surface area contributed by atoms with Gasteiger partial charge in [0.1, 0.15) is 5.82 Å². The molecule has 0 aliphatic heterocycles. The molecule has 3 nitrogen and oxygen atoms in total. The molecule has 0 atom stereocenters. The third-order valence-corrected chi connectivity index (χ3v) is 3.63. The van der Waals surface area contributed by atoms with Crippen LogP contribution >= 0.6 is 11.6 Å². The molecule has 1 aliphatic carbocycles. The highest BCUT2D eigenvalue weighted by Crippen LogP contribution is 2.34. The Morgan fingerprint density at radius 3 is 2.76 bits per heavy atom. The van der Waals surface area contributed by atoms with E-state index in [1.165, 1.54) is 12.8 Å². The van der Waals surface area contributed by atoms with Crippen molar-refractivity contribution in [2.75, 3.05) is 11.4 Å². The van der Waals surface area contributed by atoms with Crippen LogP contribution in [0.3, 0.4) is 0 Å². The van der Waals surface area contributed by atoms with Gasteiger partial charge in [-0.25, -0.2) is 4.98 Å². The Labute approximate surface area is 108 Å². The van der Waals surface area contributed by atoms with Crippen LogP contribution in [0.1, 0.15) is 32.3 Å². The van der Waals surface area contributed by atoms with Crippen LogP contribution in [0.25, 0.3) is 0 Å². The van der Waals surface area contributed by atoms with E-state index < -0.39 is 0 Å². The molecule has 2 rings (SSSR count). The number of anilines is 1. The second-order valence-corrected chi connectivity index (χ2v) is 5.38. The SMILES string of the molecule is CC(C)N(CC1CC1)c1nccc(CN)c1Cl. The summed E-state index contributed by atoms with van der Waals surface area (Å²) < 4.78 is 0. The lowest BCUT2D eigenvalue weighted by molar-refractivity contribution is 0.636. The summed E-state index contributed by atoms with van der Waals surface area (Å²) in [6, 6.07) is 2.30. The second-order valence-electron chi connectivity index (χ2n) is 5.00. The first-order chi connectivity index (χ1) is 8.13. The third-order valence-electron chi connectivity index (χ3n) is 3.22. The van der Waals surface area contributed by atoms with Crippen molar-refractivity contribution in [3.05, 3.63) is 22.8 Å². The molecule has 2 N–H and O–H groups in total. The lowest BCUT2D eigenvalue weighted by Gasteiger charge is -2.29. The molecule has 1 aromatic heterocycles. The molecular formula is C13H20ClN3. The normalized spacial score (nSPS) is 15.4. The fourth-order valence-electron chi connectivity index (χ4n) is 1.95. The summed E-state index contributed by atoms with van der Waals surface area (Å²) in [5, 5.41) is 0.712. The molecule has 0 spiro atoms. The van der Waals surface area contributed by atoms with Gasteiger partial charge in [0.05, 0.1) is 5.02 Å². The van der Waals surface area contributed by atoms with Crippen molar-refractivity contribution in [2.45, 2.75) is 39.3 Å². The lowest BCUT2D eigenvalue weighted by Crippen LogP contribution is -2.33. The smallest absolute Gasteiger partial charge is 0.147 e. The zero-order valence-corrected chi connectivity index (χ0v) is 11.2. The summed E-state index contributed by atoms with van der Waals surface area (Å²) in [7, 11) is 0. The number of hydrogen-bond acceptors (Lipinski definition) is 3. The molecule has 0 radical (unpaired) electrons. The molecule has 4 heteroatoms. The van der Waals surface area contributed by atoms with E-state index in [1.54, 1.807) is 6.20 Å². The number of rotatable bonds is 5. The molecule has 1 heterocycles. The number of pyridine rings is 1. The Morgan fingerprint density at radius 1 is 1.53 bits per heavy atom. The number of hydrogen-bond donors (Lipinski definition) is 1. The van der Waals surface area contributed by atoms with E-state index in [9.17, 15) is 0 Å². The van der Waals surface area contributed by atoms with Crippen molar-refractivity contribution in [1.82, 2.24) is 4.98 Å². The van der Waals surface area contributed by atoms with Gasteiger partial charge >= 0.3 is 0 Å². The minimum atomic E-state index is 0.411. The fourth-order valence-corrected chi connectivity index (χ4v) is 2.25. The molecule has 1 aromatic rings. The van der Waals surface area contributed by atoms with E-state index in [0.717, 1.165) is 23.8 Å². The maximum absolute atomic E-state index is 6.37. The fraction of sp³-hybridized carbons (Fsp3) is 0.615. The Morgan fingerprint density at radius 2 is 2.24 bits per heavy atom. The zero-order chi connectivity index (χ0) is 12.4. The first-order valence-electron chi connectivity index (χ1n) is 6.23. The molecule has 94 valence electrons. The summed E-state index contributed by atoms with van der Waals surface area (Å²) in [5.74, 6) is 1.70. The van der Waals surface area contributed by atoms with E-state index in [-0.39, 0.29) is 0 Å². The van der Waals surface area contributed by atoms with Crippen molar-refractivity contribution < 1.29 is 0 Å². The number of nitrogens with two attached hydrogens (primary N) is 1. The van der Waals surface area contributed by atoms with Crippen LogP contribution in [0.4, 0.5) is 5.82 Å². The van der Waals surface area contributed by atoms with E-state index in [0.29, 0.717) is 17.6 Å². The van der Waals surface area contributed by atoms with Crippen LogP contribution in [-0.2, 0) is 6.54 Å². The Balaban J connectivity index is 2.27. The second kappa shape index (κ2) is 5.23. The van der Waals surface area contributed by atoms with Crippen molar-refractivity contribution >= 4 is 17.4 Å². The predicted octanol–water partition coefficient (Wildman–Crippen LogP) is 2.82. The molecule has 0 amide bonds. The standard InChI is InChI=1S/C13H20ClN3/c1-9(2)17(8-10-3-4-10)13-12(14)11(7-15)5-6-16-13/h5-6,9-10H,3-4,7-8,15H2,1-2H3. The van der Waals surface area contributed by atoms with Crippen LogP contribution in [-0.4, -0.2) is 17.6 Å². The maximum atomic E-state index is 6.37. The van der Waals surface area contributed by atoms with Crippen LogP contribution in [0.15, 0.2) is 12.3 Å². The average Bonchev–Trinajstić information content (AvgIpc) is 3.10. The van der Waals surface area contributed by atoms with Gasteiger partial charge in [-0.05, 0) is 44.2 Å². The largest absolute Gasteiger partial charge is 0.353 e. The predicted molar refractivity (Wildman–Crippen MR) is 72.3 cm³/mol. The lowest BCUT2D eigenvalue weighted by atomic mass is 10.2. The van der Waals surface area contributed by atoms with Crippen LogP contribution in [0, 0.1) is 5.92 Å². The number of halogens is 1. The van der Waals surface area contributed by atoms with Crippen LogP contribution < -0.4 is 10.6 Å². The summed E-state index contributed by atoms with van der Waals surface area (Å²) in [6.45, 7) is 5.87. The monoisotopic (exact) mass is 253 g/mol. The Hall–Kier alpha value is -0.800. The van der Waals surface area contributed by atoms with Gasteiger partial charge in [0.2, 0.25) is 0 Å². The highest BCUT2D eigenvalue weighted by atomic mass is 35.5.